The second kappa shape index (κ2) is 10.7. The largest absolute Gasteiger partial charge is 0.387 e. The van der Waals surface area contributed by atoms with Crippen LogP contribution in [0.5, 0.6) is 0 Å². The summed E-state index contributed by atoms with van der Waals surface area (Å²) in [5, 5.41) is 15.2. The van der Waals surface area contributed by atoms with Crippen LogP contribution in [-0.4, -0.2) is 44.3 Å². The van der Waals surface area contributed by atoms with Crippen LogP contribution in [0.25, 0.3) is 21.5 Å². The lowest BCUT2D eigenvalue weighted by Crippen LogP contribution is -2.30. The number of sulfone groups is 1. The Hall–Kier alpha value is -1.37. The third kappa shape index (κ3) is 5.57. The van der Waals surface area contributed by atoms with Gasteiger partial charge in [0.25, 0.3) is 0 Å². The van der Waals surface area contributed by atoms with Gasteiger partial charge in [0.05, 0.1) is 21.0 Å². The molecule has 0 bridgehead atoms. The summed E-state index contributed by atoms with van der Waals surface area (Å²) in [4.78, 5) is 2.54. The van der Waals surface area contributed by atoms with E-state index in [4.69, 9.17) is 23.2 Å². The van der Waals surface area contributed by atoms with Gasteiger partial charge in [0, 0.05) is 18.2 Å². The van der Waals surface area contributed by atoms with E-state index in [-0.39, 0.29) is 4.90 Å². The van der Waals surface area contributed by atoms with Gasteiger partial charge < -0.3 is 10.0 Å². The fourth-order valence-electron chi connectivity index (χ4n) is 4.09. The summed E-state index contributed by atoms with van der Waals surface area (Å²) in [6.45, 7) is 6.70. The molecule has 1 unspecified atom stereocenters. The van der Waals surface area contributed by atoms with Crippen molar-refractivity contribution >= 4 is 54.6 Å². The van der Waals surface area contributed by atoms with Gasteiger partial charge in [-0.1, -0.05) is 62.0 Å². The molecule has 0 aliphatic carbocycles. The molecular formula is C25H31Cl2NO3S. The number of fused-ring (bicyclic) bond motifs is 3. The fourth-order valence-corrected chi connectivity index (χ4v) is 5.18. The number of hydrogen-bond acceptors (Lipinski definition) is 4. The first-order chi connectivity index (χ1) is 15.2. The van der Waals surface area contributed by atoms with Gasteiger partial charge in [-0.25, -0.2) is 8.42 Å². The number of aliphatic hydroxyl groups is 1. The minimum Gasteiger partial charge on any atom is -0.387 e. The molecule has 0 amide bonds. The van der Waals surface area contributed by atoms with Crippen LogP contribution in [0, 0.1) is 0 Å². The third-order valence-corrected chi connectivity index (χ3v) is 7.80. The van der Waals surface area contributed by atoms with E-state index >= 15 is 0 Å². The average Bonchev–Trinajstić information content (AvgIpc) is 2.76. The van der Waals surface area contributed by atoms with Crippen LogP contribution in [0.4, 0.5) is 0 Å². The van der Waals surface area contributed by atoms with Gasteiger partial charge in [0.1, 0.15) is 0 Å². The maximum absolute atomic E-state index is 12.1. The normalized spacial score (nSPS) is 13.3. The van der Waals surface area contributed by atoms with Crippen LogP contribution in [0.3, 0.4) is 0 Å². The van der Waals surface area contributed by atoms with Gasteiger partial charge >= 0.3 is 0 Å². The third-order valence-electron chi connectivity index (χ3n) is 5.88. The van der Waals surface area contributed by atoms with E-state index in [2.05, 4.69) is 18.7 Å². The van der Waals surface area contributed by atoms with Crippen LogP contribution >= 0.6 is 23.2 Å². The Morgan fingerprint density at radius 2 is 1.59 bits per heavy atom. The molecule has 3 aromatic rings. The first kappa shape index (κ1) is 25.3. The van der Waals surface area contributed by atoms with Crippen molar-refractivity contribution in [2.24, 2.45) is 0 Å². The molecule has 0 saturated heterocycles. The van der Waals surface area contributed by atoms with Gasteiger partial charge in [-0.05, 0) is 71.9 Å². The van der Waals surface area contributed by atoms with Crippen molar-refractivity contribution in [1.29, 1.82) is 0 Å². The molecule has 0 spiro atoms. The molecule has 0 radical (unpaired) electrons. The van der Waals surface area contributed by atoms with Gasteiger partial charge in [0.2, 0.25) is 0 Å². The summed E-state index contributed by atoms with van der Waals surface area (Å²) >= 11 is 12.9. The quantitative estimate of drug-likeness (QED) is 0.320. The van der Waals surface area contributed by atoms with Gasteiger partial charge in [0.15, 0.2) is 9.84 Å². The van der Waals surface area contributed by atoms with E-state index in [1.807, 2.05) is 12.1 Å². The molecular weight excluding hydrogens is 465 g/mol. The fraction of sp³-hybridized carbons (Fsp3) is 0.440. The van der Waals surface area contributed by atoms with Crippen LogP contribution in [0.2, 0.25) is 10.0 Å². The Bertz CT molecular complexity index is 1200. The van der Waals surface area contributed by atoms with E-state index in [9.17, 15) is 13.5 Å². The van der Waals surface area contributed by atoms with Gasteiger partial charge in [-0.15, -0.1) is 0 Å². The predicted molar refractivity (Wildman–Crippen MR) is 136 cm³/mol. The van der Waals surface area contributed by atoms with E-state index in [0.717, 1.165) is 60.5 Å². The van der Waals surface area contributed by atoms with Crippen molar-refractivity contribution < 1.29 is 13.5 Å². The number of nitrogens with zero attached hydrogens (tertiary/aromatic N) is 1. The highest BCUT2D eigenvalue weighted by Gasteiger charge is 2.20. The molecule has 0 aliphatic rings. The highest BCUT2D eigenvalue weighted by Crippen LogP contribution is 2.40. The number of halogens is 2. The Morgan fingerprint density at radius 1 is 0.969 bits per heavy atom. The topological polar surface area (TPSA) is 57.6 Å². The SMILES string of the molecule is CCCCN(CCCC)CC(O)c1cc2cc(S(C)(=O)=O)ccc2c2c(Cl)c(Cl)ccc12. The molecule has 7 heteroatoms. The summed E-state index contributed by atoms with van der Waals surface area (Å²) in [5.74, 6) is 0. The van der Waals surface area contributed by atoms with E-state index in [0.29, 0.717) is 22.0 Å². The smallest absolute Gasteiger partial charge is 0.175 e. The Kier molecular flexibility index (Phi) is 8.45. The van der Waals surface area contributed by atoms with Crippen LogP contribution in [0.1, 0.15) is 51.2 Å². The highest BCUT2D eigenvalue weighted by molar-refractivity contribution is 7.90. The lowest BCUT2D eigenvalue weighted by atomic mass is 9.94. The van der Waals surface area contributed by atoms with Crippen LogP contribution in [-0.2, 0) is 9.84 Å². The Labute approximate surface area is 201 Å². The summed E-state index contributed by atoms with van der Waals surface area (Å²) in [6, 6.07) is 10.5. The number of hydrogen-bond donors (Lipinski definition) is 1. The molecule has 0 saturated carbocycles. The zero-order chi connectivity index (χ0) is 23.5. The van der Waals surface area contributed by atoms with Crippen molar-refractivity contribution in [3.8, 4) is 0 Å². The van der Waals surface area contributed by atoms with Crippen molar-refractivity contribution in [2.45, 2.75) is 50.5 Å². The molecule has 0 aliphatic heterocycles. The molecule has 174 valence electrons. The predicted octanol–water partition coefficient (Wildman–Crippen LogP) is 6.64. The summed E-state index contributed by atoms with van der Waals surface area (Å²) in [5.41, 5.74) is 0.731. The zero-order valence-electron chi connectivity index (χ0n) is 18.9. The molecule has 3 rings (SSSR count). The minimum atomic E-state index is -3.37. The molecule has 1 N–H and O–H groups in total. The number of benzene rings is 3. The van der Waals surface area contributed by atoms with Crippen molar-refractivity contribution in [1.82, 2.24) is 4.90 Å². The van der Waals surface area contributed by atoms with E-state index in [1.165, 1.54) is 6.26 Å². The molecule has 0 heterocycles. The van der Waals surface area contributed by atoms with E-state index in [1.54, 1.807) is 24.3 Å². The van der Waals surface area contributed by atoms with Gasteiger partial charge in [-0.3, -0.25) is 0 Å². The molecule has 4 nitrogen and oxygen atoms in total. The second-order valence-corrected chi connectivity index (χ2v) is 11.2. The minimum absolute atomic E-state index is 0.232. The van der Waals surface area contributed by atoms with E-state index < -0.39 is 15.9 Å². The van der Waals surface area contributed by atoms with Crippen LogP contribution in [0.15, 0.2) is 41.3 Å². The summed E-state index contributed by atoms with van der Waals surface area (Å²) in [7, 11) is -3.37. The van der Waals surface area contributed by atoms with Crippen LogP contribution < -0.4 is 0 Å². The monoisotopic (exact) mass is 495 g/mol. The standard InChI is InChI=1S/C25H31Cl2NO3S/c1-4-6-12-28(13-7-5-2)16-23(29)21-15-17-14-18(32(3,30)31)8-9-19(17)24-20(21)10-11-22(26)25(24)27/h8-11,14-15,23,29H,4-7,12-13,16H2,1-3H3. The van der Waals surface area contributed by atoms with Gasteiger partial charge in [-0.2, -0.15) is 0 Å². The maximum atomic E-state index is 12.1. The second-order valence-electron chi connectivity index (χ2n) is 8.43. The first-order valence-corrected chi connectivity index (χ1v) is 13.8. The summed E-state index contributed by atoms with van der Waals surface area (Å²) < 4.78 is 24.2. The molecule has 0 aromatic heterocycles. The lowest BCUT2D eigenvalue weighted by Gasteiger charge is -2.26. The molecule has 3 aromatic carbocycles. The van der Waals surface area contributed by atoms with Crippen molar-refractivity contribution in [3.63, 3.8) is 0 Å². The Balaban J connectivity index is 2.16. The first-order valence-electron chi connectivity index (χ1n) is 11.1. The van der Waals surface area contributed by atoms with Crippen molar-refractivity contribution in [2.75, 3.05) is 25.9 Å². The average molecular weight is 497 g/mol. The number of unbranched alkanes of at least 4 members (excludes halogenated alkanes) is 2. The maximum Gasteiger partial charge on any atom is 0.175 e. The highest BCUT2D eigenvalue weighted by atomic mass is 35.5. The Morgan fingerprint density at radius 3 is 2.19 bits per heavy atom. The zero-order valence-corrected chi connectivity index (χ0v) is 21.2. The molecule has 0 fully saturated rings. The number of rotatable bonds is 10. The molecule has 1 atom stereocenters. The number of aliphatic hydroxyl groups excluding tert-OH is 1. The van der Waals surface area contributed by atoms with Crippen molar-refractivity contribution in [3.05, 3.63) is 52.0 Å². The molecule has 32 heavy (non-hydrogen) atoms. The summed E-state index contributed by atoms with van der Waals surface area (Å²) in [6.07, 6.45) is 4.80. The lowest BCUT2D eigenvalue weighted by molar-refractivity contribution is 0.112.